The average Bonchev–Trinajstić information content (AvgIpc) is 3.27. The molecule has 0 spiro atoms. The summed E-state index contributed by atoms with van der Waals surface area (Å²) in [5.41, 5.74) is 11.9. The molecule has 0 N–H and O–H groups in total. The second-order valence-corrected chi connectivity index (χ2v) is 8.29. The molecule has 0 bridgehead atoms. The molecule has 30 heavy (non-hydrogen) atoms. The number of benzene rings is 4. The number of nitrogens with zero attached hydrogens (tertiary/aromatic N) is 1. The van der Waals surface area contributed by atoms with E-state index in [1.165, 1.54) is 63.3 Å². The van der Waals surface area contributed by atoms with Crippen molar-refractivity contribution in [3.63, 3.8) is 0 Å². The molecule has 1 nitrogen and oxygen atoms in total. The zero-order valence-electron chi connectivity index (χ0n) is 17.7. The highest BCUT2D eigenvalue weighted by molar-refractivity contribution is 5.81. The smallest absolute Gasteiger partial charge is 0.0496 e. The van der Waals surface area contributed by atoms with E-state index in [1.807, 2.05) is 0 Å². The number of anilines is 3. The molecule has 148 valence electrons. The lowest BCUT2D eigenvalue weighted by Gasteiger charge is -2.28. The van der Waals surface area contributed by atoms with Crippen molar-refractivity contribution in [2.24, 2.45) is 0 Å². The predicted molar refractivity (Wildman–Crippen MR) is 128 cm³/mol. The molecule has 0 heterocycles. The lowest BCUT2D eigenvalue weighted by molar-refractivity contribution is 0.911. The number of aryl methyl sites for hydroxylation is 3. The molecule has 1 aliphatic carbocycles. The van der Waals surface area contributed by atoms with Crippen LogP contribution in [0.25, 0.3) is 11.1 Å². The summed E-state index contributed by atoms with van der Waals surface area (Å²) in [6, 6.07) is 33.2. The van der Waals surface area contributed by atoms with E-state index in [0.29, 0.717) is 0 Å². The van der Waals surface area contributed by atoms with Crippen LogP contribution in [0.5, 0.6) is 0 Å². The first-order chi connectivity index (χ1) is 14.7. The molecule has 0 amide bonds. The summed E-state index contributed by atoms with van der Waals surface area (Å²) in [7, 11) is 0. The third-order valence-electron chi connectivity index (χ3n) is 6.34. The Balaban J connectivity index is 1.63. The zero-order chi connectivity index (χ0) is 20.5. The highest BCUT2D eigenvalue weighted by Gasteiger charge is 2.21. The second kappa shape index (κ2) is 7.84. The van der Waals surface area contributed by atoms with E-state index in [1.54, 1.807) is 0 Å². The molecule has 1 heteroatoms. The van der Waals surface area contributed by atoms with E-state index in [9.17, 15) is 0 Å². The molecular formula is C29H27N. The van der Waals surface area contributed by atoms with Crippen molar-refractivity contribution < 1.29 is 0 Å². The van der Waals surface area contributed by atoms with Crippen molar-refractivity contribution in [2.45, 2.75) is 33.1 Å². The fourth-order valence-corrected chi connectivity index (χ4v) is 4.53. The Morgan fingerprint density at radius 2 is 1.33 bits per heavy atom. The second-order valence-electron chi connectivity index (χ2n) is 8.29. The van der Waals surface area contributed by atoms with Gasteiger partial charge in [0, 0.05) is 17.1 Å². The van der Waals surface area contributed by atoms with E-state index >= 15 is 0 Å². The summed E-state index contributed by atoms with van der Waals surface area (Å²) in [6.07, 6.45) is 3.60. The Morgan fingerprint density at radius 3 is 2.10 bits per heavy atom. The van der Waals surface area contributed by atoms with Crippen LogP contribution < -0.4 is 4.90 Å². The number of hydrogen-bond acceptors (Lipinski definition) is 1. The van der Waals surface area contributed by atoms with Crippen LogP contribution in [-0.2, 0) is 12.8 Å². The van der Waals surface area contributed by atoms with E-state index < -0.39 is 0 Å². The zero-order valence-corrected chi connectivity index (χ0v) is 17.7. The topological polar surface area (TPSA) is 3.24 Å². The van der Waals surface area contributed by atoms with Gasteiger partial charge in [-0.3, -0.25) is 0 Å². The normalized spacial score (nSPS) is 12.6. The Bertz CT molecular complexity index is 1170. The SMILES string of the molecule is Cc1ccc(N(c2ccc(-c3ccccc3)cc2)c2cccc3c2CCC3)cc1C. The van der Waals surface area contributed by atoms with Gasteiger partial charge >= 0.3 is 0 Å². The molecule has 4 aromatic rings. The van der Waals surface area contributed by atoms with Crippen LogP contribution in [0.1, 0.15) is 28.7 Å². The van der Waals surface area contributed by atoms with Crippen LogP contribution in [0.4, 0.5) is 17.1 Å². The molecule has 0 unspecified atom stereocenters. The number of rotatable bonds is 4. The van der Waals surface area contributed by atoms with Gasteiger partial charge in [-0.2, -0.15) is 0 Å². The van der Waals surface area contributed by atoms with Gasteiger partial charge in [-0.1, -0.05) is 60.7 Å². The molecule has 0 aromatic heterocycles. The van der Waals surface area contributed by atoms with Crippen LogP contribution in [0.15, 0.2) is 91.0 Å². The van der Waals surface area contributed by atoms with Crippen LogP contribution >= 0.6 is 0 Å². The summed E-state index contributed by atoms with van der Waals surface area (Å²) in [5, 5.41) is 0. The summed E-state index contributed by atoms with van der Waals surface area (Å²) >= 11 is 0. The standard InChI is InChI=1S/C29H27N/c1-21-14-17-27(20-22(21)2)30(29-13-7-11-25-10-6-12-28(25)29)26-18-15-24(16-19-26)23-8-4-3-5-9-23/h3-5,7-9,11,13-20H,6,10,12H2,1-2H3. The maximum absolute atomic E-state index is 2.44. The minimum Gasteiger partial charge on any atom is -0.310 e. The van der Waals surface area contributed by atoms with Crippen LogP contribution in [0, 0.1) is 13.8 Å². The Kier molecular flexibility index (Phi) is 4.88. The van der Waals surface area contributed by atoms with Crippen LogP contribution in [0.2, 0.25) is 0 Å². The van der Waals surface area contributed by atoms with Gasteiger partial charge in [0.1, 0.15) is 0 Å². The van der Waals surface area contributed by atoms with Crippen molar-refractivity contribution in [3.05, 3.63) is 113 Å². The van der Waals surface area contributed by atoms with Gasteiger partial charge in [-0.25, -0.2) is 0 Å². The van der Waals surface area contributed by atoms with Gasteiger partial charge in [-0.15, -0.1) is 0 Å². The first kappa shape index (κ1) is 18.7. The minimum atomic E-state index is 1.16. The largest absolute Gasteiger partial charge is 0.310 e. The lowest BCUT2D eigenvalue weighted by atomic mass is 10.0. The lowest BCUT2D eigenvalue weighted by Crippen LogP contribution is -2.12. The van der Waals surface area contributed by atoms with Gasteiger partial charge < -0.3 is 4.90 Å². The van der Waals surface area contributed by atoms with Gasteiger partial charge in [-0.05, 0) is 96.8 Å². The molecule has 0 fully saturated rings. The van der Waals surface area contributed by atoms with E-state index in [0.717, 1.165) is 6.42 Å². The van der Waals surface area contributed by atoms with Crippen LogP contribution in [0.3, 0.4) is 0 Å². The van der Waals surface area contributed by atoms with E-state index in [2.05, 4.69) is 110 Å². The first-order valence-corrected chi connectivity index (χ1v) is 10.8. The molecule has 1 aliphatic rings. The third kappa shape index (κ3) is 3.41. The van der Waals surface area contributed by atoms with Crippen LogP contribution in [-0.4, -0.2) is 0 Å². The highest BCUT2D eigenvalue weighted by atomic mass is 15.1. The fourth-order valence-electron chi connectivity index (χ4n) is 4.53. The average molecular weight is 390 g/mol. The molecule has 0 atom stereocenters. The maximum atomic E-state index is 2.44. The summed E-state index contributed by atoms with van der Waals surface area (Å²) in [6.45, 7) is 4.38. The third-order valence-corrected chi connectivity index (χ3v) is 6.34. The molecule has 0 aliphatic heterocycles. The van der Waals surface area contributed by atoms with Gasteiger partial charge in [0.05, 0.1) is 0 Å². The van der Waals surface area contributed by atoms with Crippen molar-refractivity contribution in [1.82, 2.24) is 0 Å². The molecule has 0 saturated heterocycles. The fraction of sp³-hybridized carbons (Fsp3) is 0.172. The van der Waals surface area contributed by atoms with Gasteiger partial charge in [0.15, 0.2) is 0 Å². The van der Waals surface area contributed by atoms with Gasteiger partial charge in [0.25, 0.3) is 0 Å². The number of fused-ring (bicyclic) bond motifs is 1. The molecule has 4 aromatic carbocycles. The summed E-state index contributed by atoms with van der Waals surface area (Å²) in [4.78, 5) is 2.44. The Morgan fingerprint density at radius 1 is 0.600 bits per heavy atom. The summed E-state index contributed by atoms with van der Waals surface area (Å²) in [5.74, 6) is 0. The Hall–Kier alpha value is -3.32. The van der Waals surface area contributed by atoms with E-state index in [-0.39, 0.29) is 0 Å². The summed E-state index contributed by atoms with van der Waals surface area (Å²) < 4.78 is 0. The minimum absolute atomic E-state index is 1.16. The monoisotopic (exact) mass is 389 g/mol. The van der Waals surface area contributed by atoms with Gasteiger partial charge in [0.2, 0.25) is 0 Å². The maximum Gasteiger partial charge on any atom is 0.0496 e. The Labute approximate surface area is 179 Å². The predicted octanol–water partition coefficient (Wildman–Crippen LogP) is 7.93. The van der Waals surface area contributed by atoms with E-state index in [4.69, 9.17) is 0 Å². The highest BCUT2D eigenvalue weighted by Crippen LogP contribution is 2.41. The molecule has 5 rings (SSSR count). The molecule has 0 radical (unpaired) electrons. The van der Waals surface area contributed by atoms with Crippen molar-refractivity contribution in [2.75, 3.05) is 4.90 Å². The quantitative estimate of drug-likeness (QED) is 0.342. The first-order valence-electron chi connectivity index (χ1n) is 10.8. The molecular weight excluding hydrogens is 362 g/mol. The molecule has 0 saturated carbocycles. The van der Waals surface area contributed by atoms with Crippen molar-refractivity contribution in [1.29, 1.82) is 0 Å². The van der Waals surface area contributed by atoms with Crippen molar-refractivity contribution >= 4 is 17.1 Å². The van der Waals surface area contributed by atoms with Crippen molar-refractivity contribution in [3.8, 4) is 11.1 Å². The number of hydrogen-bond donors (Lipinski definition) is 0.